The summed E-state index contributed by atoms with van der Waals surface area (Å²) in [6, 6.07) is 21.5. The lowest BCUT2D eigenvalue weighted by Crippen LogP contribution is -2.28. The fourth-order valence-corrected chi connectivity index (χ4v) is 4.48. The first-order chi connectivity index (χ1) is 14.7. The van der Waals surface area contributed by atoms with Gasteiger partial charge in [-0.05, 0) is 54.1 Å². The normalized spacial score (nSPS) is 10.9. The van der Waals surface area contributed by atoms with Crippen LogP contribution in [0.5, 0.6) is 0 Å². The number of halogens is 1. The fourth-order valence-electron chi connectivity index (χ4n) is 3.06. The molecule has 3 rings (SSSR count). The van der Waals surface area contributed by atoms with Gasteiger partial charge in [0.15, 0.2) is 0 Å². The van der Waals surface area contributed by atoms with Gasteiger partial charge < -0.3 is 4.90 Å². The molecular formula is C23H20ClN3O3S. The maximum absolute atomic E-state index is 13.1. The Balaban J connectivity index is 1.84. The van der Waals surface area contributed by atoms with Gasteiger partial charge in [-0.3, -0.25) is 9.10 Å². The molecular weight excluding hydrogens is 434 g/mol. The minimum atomic E-state index is -3.89. The molecule has 1 amide bonds. The second kappa shape index (κ2) is 9.21. The van der Waals surface area contributed by atoms with E-state index in [-0.39, 0.29) is 22.9 Å². The molecule has 3 aromatic carbocycles. The predicted molar refractivity (Wildman–Crippen MR) is 120 cm³/mol. The number of amides is 1. The van der Waals surface area contributed by atoms with E-state index in [1.807, 2.05) is 6.07 Å². The summed E-state index contributed by atoms with van der Waals surface area (Å²) in [5, 5.41) is 9.46. The number of rotatable bonds is 6. The summed E-state index contributed by atoms with van der Waals surface area (Å²) in [6.07, 6.45) is 0. The lowest BCUT2D eigenvalue weighted by Gasteiger charge is -2.21. The average molecular weight is 454 g/mol. The van der Waals surface area contributed by atoms with Gasteiger partial charge in [0.25, 0.3) is 15.9 Å². The molecule has 0 aliphatic rings. The maximum Gasteiger partial charge on any atom is 0.264 e. The number of nitriles is 1. The monoisotopic (exact) mass is 453 g/mol. The Hall–Kier alpha value is -3.34. The minimum absolute atomic E-state index is 0.000651. The molecule has 0 saturated carbocycles. The topological polar surface area (TPSA) is 81.5 Å². The van der Waals surface area contributed by atoms with Crippen molar-refractivity contribution < 1.29 is 13.2 Å². The van der Waals surface area contributed by atoms with Crippen LogP contribution in [0.2, 0.25) is 5.02 Å². The van der Waals surface area contributed by atoms with E-state index in [9.17, 15) is 13.2 Å². The molecule has 158 valence electrons. The maximum atomic E-state index is 13.1. The second-order valence-corrected chi connectivity index (χ2v) is 9.36. The van der Waals surface area contributed by atoms with Crippen LogP contribution in [0.15, 0.2) is 77.7 Å². The zero-order chi connectivity index (χ0) is 22.6. The molecule has 0 fully saturated rings. The van der Waals surface area contributed by atoms with Gasteiger partial charge in [0.1, 0.15) is 0 Å². The number of hydrogen-bond donors (Lipinski definition) is 0. The van der Waals surface area contributed by atoms with Crippen LogP contribution in [0.25, 0.3) is 0 Å². The molecule has 0 saturated heterocycles. The van der Waals surface area contributed by atoms with Crippen LogP contribution in [0.3, 0.4) is 0 Å². The number of carbonyl (C=O) groups excluding carboxylic acids is 1. The number of anilines is 1. The molecule has 3 aromatic rings. The largest absolute Gasteiger partial charge is 0.337 e. The Kier molecular flexibility index (Phi) is 6.64. The van der Waals surface area contributed by atoms with Gasteiger partial charge in [0.05, 0.1) is 22.2 Å². The van der Waals surface area contributed by atoms with Crippen LogP contribution in [-0.4, -0.2) is 33.3 Å². The van der Waals surface area contributed by atoms with Gasteiger partial charge in [0, 0.05) is 31.2 Å². The molecule has 0 spiro atoms. The molecule has 0 unspecified atom stereocenters. The molecule has 0 radical (unpaired) electrons. The Labute approximate surface area is 187 Å². The second-order valence-electron chi connectivity index (χ2n) is 6.95. The molecule has 0 aromatic heterocycles. The Morgan fingerprint density at radius 1 is 1.00 bits per heavy atom. The number of nitrogens with zero attached hydrogens (tertiary/aromatic N) is 3. The number of benzene rings is 3. The number of sulfonamides is 1. The highest BCUT2D eigenvalue weighted by molar-refractivity contribution is 7.92. The van der Waals surface area contributed by atoms with Gasteiger partial charge >= 0.3 is 0 Å². The molecule has 6 nitrogen and oxygen atoms in total. The van der Waals surface area contributed by atoms with Gasteiger partial charge in [-0.2, -0.15) is 5.26 Å². The zero-order valence-corrected chi connectivity index (χ0v) is 18.6. The van der Waals surface area contributed by atoms with E-state index in [4.69, 9.17) is 16.9 Å². The Morgan fingerprint density at radius 2 is 1.71 bits per heavy atom. The summed E-state index contributed by atoms with van der Waals surface area (Å²) in [6.45, 7) is 0.285. The fraction of sp³-hybridized carbons (Fsp3) is 0.130. The lowest BCUT2D eigenvalue weighted by atomic mass is 10.1. The predicted octanol–water partition coefficient (Wildman–Crippen LogP) is 4.31. The number of hydrogen-bond acceptors (Lipinski definition) is 4. The zero-order valence-electron chi connectivity index (χ0n) is 17.0. The van der Waals surface area contributed by atoms with Crippen molar-refractivity contribution in [2.75, 3.05) is 18.4 Å². The van der Waals surface area contributed by atoms with Crippen molar-refractivity contribution in [3.8, 4) is 6.07 Å². The molecule has 0 atom stereocenters. The molecule has 0 aliphatic carbocycles. The summed E-state index contributed by atoms with van der Waals surface area (Å²) in [5.74, 6) is -0.329. The third-order valence-electron chi connectivity index (χ3n) is 4.73. The summed E-state index contributed by atoms with van der Waals surface area (Å²) >= 11 is 5.98. The highest BCUT2D eigenvalue weighted by Gasteiger charge is 2.23. The highest BCUT2D eigenvalue weighted by Crippen LogP contribution is 2.25. The summed E-state index contributed by atoms with van der Waals surface area (Å²) in [4.78, 5) is 14.4. The van der Waals surface area contributed by atoms with Crippen molar-refractivity contribution in [3.63, 3.8) is 0 Å². The molecule has 31 heavy (non-hydrogen) atoms. The Morgan fingerprint density at radius 3 is 2.42 bits per heavy atom. The molecule has 0 N–H and O–H groups in total. The standard InChI is InChI=1S/C23H20ClN3O3S/c1-26(16-18-7-3-6-17(12-18)15-25)23(28)19-8-4-11-22(13-19)31(29,30)27(2)21-10-5-9-20(24)14-21/h3-14H,16H2,1-2H3. The average Bonchev–Trinajstić information content (AvgIpc) is 2.78. The van der Waals surface area contributed by atoms with E-state index in [2.05, 4.69) is 6.07 Å². The highest BCUT2D eigenvalue weighted by atomic mass is 35.5. The SMILES string of the molecule is CN(Cc1cccc(C#N)c1)C(=O)c1cccc(S(=O)(=O)N(C)c2cccc(Cl)c2)c1. The van der Waals surface area contributed by atoms with Gasteiger partial charge in [-0.15, -0.1) is 0 Å². The van der Waals surface area contributed by atoms with Crippen LogP contribution >= 0.6 is 11.6 Å². The smallest absolute Gasteiger partial charge is 0.264 e. The molecule has 0 bridgehead atoms. The van der Waals surface area contributed by atoms with Crippen molar-refractivity contribution in [2.45, 2.75) is 11.4 Å². The Bertz CT molecular complexity index is 1270. The van der Waals surface area contributed by atoms with Crippen LogP contribution in [0, 0.1) is 11.3 Å². The van der Waals surface area contributed by atoms with Gasteiger partial charge in [-0.25, -0.2) is 8.42 Å². The molecule has 8 heteroatoms. The van der Waals surface area contributed by atoms with Crippen LogP contribution in [0.4, 0.5) is 5.69 Å². The van der Waals surface area contributed by atoms with E-state index in [1.54, 1.807) is 55.6 Å². The first-order valence-electron chi connectivity index (χ1n) is 9.31. The van der Waals surface area contributed by atoms with Crippen LogP contribution < -0.4 is 4.31 Å². The summed E-state index contributed by atoms with van der Waals surface area (Å²) in [5.41, 5.74) is 1.98. The van der Waals surface area contributed by atoms with E-state index in [0.717, 1.165) is 9.87 Å². The molecule has 0 heterocycles. The van der Waals surface area contributed by atoms with E-state index in [0.29, 0.717) is 16.3 Å². The third kappa shape index (κ3) is 5.05. The third-order valence-corrected chi connectivity index (χ3v) is 6.75. The molecule has 0 aliphatic heterocycles. The summed E-state index contributed by atoms with van der Waals surface area (Å²) in [7, 11) is -0.831. The van der Waals surface area contributed by atoms with Crippen molar-refractivity contribution in [1.29, 1.82) is 5.26 Å². The van der Waals surface area contributed by atoms with E-state index < -0.39 is 10.0 Å². The summed E-state index contributed by atoms with van der Waals surface area (Å²) < 4.78 is 27.3. The first-order valence-corrected chi connectivity index (χ1v) is 11.1. The van der Waals surface area contributed by atoms with E-state index in [1.165, 1.54) is 30.1 Å². The first kappa shape index (κ1) is 22.3. The van der Waals surface area contributed by atoms with Crippen molar-refractivity contribution in [1.82, 2.24) is 4.90 Å². The van der Waals surface area contributed by atoms with Crippen LogP contribution in [0.1, 0.15) is 21.5 Å². The van der Waals surface area contributed by atoms with Crippen molar-refractivity contribution in [2.24, 2.45) is 0 Å². The van der Waals surface area contributed by atoms with Crippen LogP contribution in [-0.2, 0) is 16.6 Å². The van der Waals surface area contributed by atoms with Crippen molar-refractivity contribution >= 4 is 33.2 Å². The minimum Gasteiger partial charge on any atom is -0.337 e. The van der Waals surface area contributed by atoms with E-state index >= 15 is 0 Å². The quantitative estimate of drug-likeness (QED) is 0.557. The van der Waals surface area contributed by atoms with Crippen molar-refractivity contribution in [3.05, 3.63) is 94.5 Å². The lowest BCUT2D eigenvalue weighted by molar-refractivity contribution is 0.0785. The number of carbonyl (C=O) groups is 1. The van der Waals surface area contributed by atoms with Gasteiger partial charge in [0.2, 0.25) is 0 Å². The van der Waals surface area contributed by atoms with Gasteiger partial charge in [-0.1, -0.05) is 35.9 Å².